The standard InChI is InChI=1S/C11H16ClNO2/c1-3-14-11-6-8(2)10(7-9(11)12)15-5-4-13/h6-7H,3-5,13H2,1-2H3. The summed E-state index contributed by atoms with van der Waals surface area (Å²) < 4.78 is 10.8. The predicted molar refractivity (Wildman–Crippen MR) is 61.9 cm³/mol. The van der Waals surface area contributed by atoms with Crippen LogP contribution in [0.5, 0.6) is 11.5 Å². The Morgan fingerprint density at radius 2 is 2.00 bits per heavy atom. The molecule has 1 aromatic rings. The number of hydrogen-bond acceptors (Lipinski definition) is 3. The number of ether oxygens (including phenoxy) is 2. The van der Waals surface area contributed by atoms with Crippen molar-refractivity contribution in [1.82, 2.24) is 0 Å². The second-order valence-corrected chi connectivity index (χ2v) is 3.53. The van der Waals surface area contributed by atoms with Gasteiger partial charge in [-0.05, 0) is 25.5 Å². The molecule has 0 atom stereocenters. The SMILES string of the molecule is CCOc1cc(C)c(OCCN)cc1Cl. The van der Waals surface area contributed by atoms with E-state index in [2.05, 4.69) is 0 Å². The van der Waals surface area contributed by atoms with E-state index in [0.717, 1.165) is 11.3 Å². The van der Waals surface area contributed by atoms with E-state index in [9.17, 15) is 0 Å². The molecule has 0 heterocycles. The zero-order chi connectivity index (χ0) is 11.3. The van der Waals surface area contributed by atoms with Gasteiger partial charge in [0.1, 0.15) is 18.1 Å². The Kier molecular flexibility index (Phi) is 4.72. The van der Waals surface area contributed by atoms with Crippen LogP contribution in [-0.2, 0) is 0 Å². The molecule has 0 saturated carbocycles. The van der Waals surface area contributed by atoms with E-state index in [1.165, 1.54) is 0 Å². The van der Waals surface area contributed by atoms with E-state index in [-0.39, 0.29) is 0 Å². The van der Waals surface area contributed by atoms with Crippen molar-refractivity contribution < 1.29 is 9.47 Å². The quantitative estimate of drug-likeness (QED) is 0.843. The van der Waals surface area contributed by atoms with E-state index in [4.69, 9.17) is 26.8 Å². The summed E-state index contributed by atoms with van der Waals surface area (Å²) in [7, 11) is 0. The lowest BCUT2D eigenvalue weighted by Gasteiger charge is -2.12. The summed E-state index contributed by atoms with van der Waals surface area (Å²) in [5.74, 6) is 1.45. The first-order chi connectivity index (χ1) is 7.19. The van der Waals surface area contributed by atoms with Gasteiger partial charge in [0.15, 0.2) is 0 Å². The van der Waals surface area contributed by atoms with E-state index >= 15 is 0 Å². The fraction of sp³-hybridized carbons (Fsp3) is 0.455. The molecule has 0 aliphatic heterocycles. The Balaban J connectivity index is 2.87. The molecule has 0 spiro atoms. The third-order valence-electron chi connectivity index (χ3n) is 1.90. The van der Waals surface area contributed by atoms with Crippen LogP contribution < -0.4 is 15.2 Å². The highest BCUT2D eigenvalue weighted by Gasteiger charge is 2.07. The van der Waals surface area contributed by atoms with E-state index in [0.29, 0.717) is 30.5 Å². The summed E-state index contributed by atoms with van der Waals surface area (Å²) in [5, 5.41) is 0.564. The first-order valence-electron chi connectivity index (χ1n) is 4.94. The van der Waals surface area contributed by atoms with Gasteiger partial charge in [-0.3, -0.25) is 0 Å². The van der Waals surface area contributed by atoms with Crippen LogP contribution in [-0.4, -0.2) is 19.8 Å². The average Bonchev–Trinajstić information content (AvgIpc) is 2.21. The summed E-state index contributed by atoms with van der Waals surface area (Å²) in [4.78, 5) is 0. The summed E-state index contributed by atoms with van der Waals surface area (Å²) in [5.41, 5.74) is 6.36. The molecule has 1 rings (SSSR count). The zero-order valence-corrected chi connectivity index (χ0v) is 9.80. The molecule has 15 heavy (non-hydrogen) atoms. The van der Waals surface area contributed by atoms with Crippen molar-refractivity contribution in [2.75, 3.05) is 19.8 Å². The smallest absolute Gasteiger partial charge is 0.138 e. The molecular weight excluding hydrogens is 214 g/mol. The Morgan fingerprint density at radius 3 is 2.60 bits per heavy atom. The molecule has 2 N–H and O–H groups in total. The molecule has 0 bridgehead atoms. The van der Waals surface area contributed by atoms with Crippen molar-refractivity contribution in [3.8, 4) is 11.5 Å². The Bertz CT molecular complexity index is 329. The van der Waals surface area contributed by atoms with Crippen molar-refractivity contribution in [3.05, 3.63) is 22.7 Å². The van der Waals surface area contributed by atoms with Crippen molar-refractivity contribution in [2.24, 2.45) is 5.73 Å². The highest BCUT2D eigenvalue weighted by Crippen LogP contribution is 2.32. The highest BCUT2D eigenvalue weighted by molar-refractivity contribution is 6.32. The second kappa shape index (κ2) is 5.83. The maximum absolute atomic E-state index is 6.02. The fourth-order valence-corrected chi connectivity index (χ4v) is 1.44. The number of nitrogens with two attached hydrogens (primary N) is 1. The highest BCUT2D eigenvalue weighted by atomic mass is 35.5. The molecule has 0 fully saturated rings. The van der Waals surface area contributed by atoms with Crippen LogP contribution in [0.4, 0.5) is 0 Å². The monoisotopic (exact) mass is 229 g/mol. The van der Waals surface area contributed by atoms with Gasteiger partial charge in [-0.15, -0.1) is 0 Å². The van der Waals surface area contributed by atoms with Crippen molar-refractivity contribution >= 4 is 11.6 Å². The third-order valence-corrected chi connectivity index (χ3v) is 2.20. The zero-order valence-electron chi connectivity index (χ0n) is 9.05. The van der Waals surface area contributed by atoms with Gasteiger partial charge in [0.05, 0.1) is 11.6 Å². The minimum atomic E-state index is 0.490. The summed E-state index contributed by atoms with van der Waals surface area (Å²) >= 11 is 6.02. The second-order valence-electron chi connectivity index (χ2n) is 3.12. The third kappa shape index (κ3) is 3.29. The molecular formula is C11H16ClNO2. The topological polar surface area (TPSA) is 44.5 Å². The molecule has 0 aromatic heterocycles. The summed E-state index contributed by atoms with van der Waals surface area (Å²) in [6, 6.07) is 3.63. The van der Waals surface area contributed by atoms with Gasteiger partial charge < -0.3 is 15.2 Å². The van der Waals surface area contributed by atoms with Crippen LogP contribution in [0.15, 0.2) is 12.1 Å². The number of hydrogen-bond donors (Lipinski definition) is 1. The minimum absolute atomic E-state index is 0.490. The van der Waals surface area contributed by atoms with Gasteiger partial charge in [-0.25, -0.2) is 0 Å². The first-order valence-corrected chi connectivity index (χ1v) is 5.32. The van der Waals surface area contributed by atoms with E-state index < -0.39 is 0 Å². The predicted octanol–water partition coefficient (Wildman–Crippen LogP) is 2.38. The lowest BCUT2D eigenvalue weighted by atomic mass is 10.2. The average molecular weight is 230 g/mol. The van der Waals surface area contributed by atoms with Crippen LogP contribution in [0.25, 0.3) is 0 Å². The van der Waals surface area contributed by atoms with Gasteiger partial charge in [0.25, 0.3) is 0 Å². The van der Waals surface area contributed by atoms with Gasteiger partial charge >= 0.3 is 0 Å². The molecule has 1 aromatic carbocycles. The number of aryl methyl sites for hydroxylation is 1. The molecule has 0 unspecified atom stereocenters. The maximum Gasteiger partial charge on any atom is 0.138 e. The Hall–Kier alpha value is -0.930. The Morgan fingerprint density at radius 1 is 1.27 bits per heavy atom. The van der Waals surface area contributed by atoms with E-state index in [1.54, 1.807) is 6.07 Å². The molecule has 3 nitrogen and oxygen atoms in total. The summed E-state index contributed by atoms with van der Waals surface area (Å²) in [6.45, 7) is 5.45. The molecule has 0 saturated heterocycles. The lowest BCUT2D eigenvalue weighted by molar-refractivity contribution is 0.321. The van der Waals surface area contributed by atoms with Gasteiger partial charge in [0.2, 0.25) is 0 Å². The number of benzene rings is 1. The van der Waals surface area contributed by atoms with Crippen LogP contribution in [0, 0.1) is 6.92 Å². The minimum Gasteiger partial charge on any atom is -0.492 e. The van der Waals surface area contributed by atoms with Crippen molar-refractivity contribution in [2.45, 2.75) is 13.8 Å². The Labute approximate surface area is 95.1 Å². The summed E-state index contributed by atoms with van der Waals surface area (Å²) in [6.07, 6.45) is 0. The number of rotatable bonds is 5. The molecule has 4 heteroatoms. The number of halogens is 1. The first kappa shape index (κ1) is 12.1. The van der Waals surface area contributed by atoms with Crippen molar-refractivity contribution in [1.29, 1.82) is 0 Å². The molecule has 0 aliphatic carbocycles. The molecule has 0 amide bonds. The van der Waals surface area contributed by atoms with Gasteiger partial charge in [0, 0.05) is 12.6 Å². The normalized spacial score (nSPS) is 10.1. The van der Waals surface area contributed by atoms with Crippen LogP contribution in [0.1, 0.15) is 12.5 Å². The van der Waals surface area contributed by atoms with Crippen LogP contribution in [0.2, 0.25) is 5.02 Å². The van der Waals surface area contributed by atoms with Crippen LogP contribution >= 0.6 is 11.6 Å². The van der Waals surface area contributed by atoms with Crippen molar-refractivity contribution in [3.63, 3.8) is 0 Å². The van der Waals surface area contributed by atoms with Gasteiger partial charge in [-0.2, -0.15) is 0 Å². The molecule has 84 valence electrons. The van der Waals surface area contributed by atoms with Gasteiger partial charge in [-0.1, -0.05) is 11.6 Å². The lowest BCUT2D eigenvalue weighted by Crippen LogP contribution is -2.11. The fourth-order valence-electron chi connectivity index (χ4n) is 1.23. The maximum atomic E-state index is 6.02. The van der Waals surface area contributed by atoms with Crippen LogP contribution in [0.3, 0.4) is 0 Å². The molecule has 0 aliphatic rings. The molecule has 0 radical (unpaired) electrons. The van der Waals surface area contributed by atoms with E-state index in [1.807, 2.05) is 19.9 Å². The largest absolute Gasteiger partial charge is 0.492 e.